The van der Waals surface area contributed by atoms with E-state index in [1.807, 2.05) is 0 Å². The van der Waals surface area contributed by atoms with Crippen molar-refractivity contribution >= 4 is 45.1 Å². The maximum absolute atomic E-state index is 13.0. The van der Waals surface area contributed by atoms with Crippen molar-refractivity contribution < 1.29 is 32.6 Å². The number of aliphatic hydroxyl groups excluding tert-OH is 1. The minimum atomic E-state index is -3.91. The number of nitrogens with one attached hydrogen (secondary N) is 1. The van der Waals surface area contributed by atoms with Gasteiger partial charge < -0.3 is 15.5 Å². The molecule has 234 valence electrons. The molecule has 11 nitrogen and oxygen atoms in total. The summed E-state index contributed by atoms with van der Waals surface area (Å²) in [4.78, 5) is 27.4. The van der Waals surface area contributed by atoms with Crippen molar-refractivity contribution in [3.05, 3.63) is 131 Å². The summed E-state index contributed by atoms with van der Waals surface area (Å²) in [5, 5.41) is 26.8. The van der Waals surface area contributed by atoms with Crippen molar-refractivity contribution in [2.75, 3.05) is 12.4 Å². The highest BCUT2D eigenvalue weighted by Gasteiger charge is 2.37. The van der Waals surface area contributed by atoms with Crippen LogP contribution in [0.3, 0.4) is 0 Å². The number of carbonyl (C=O) groups is 2. The number of nitrogens with zero attached hydrogens (tertiary/aromatic N) is 4. The zero-order valence-electron chi connectivity index (χ0n) is 24.0. The Hall–Kier alpha value is -5.53. The number of aliphatic carboxylic acids is 1. The predicted octanol–water partition coefficient (Wildman–Crippen LogP) is 5.54. The number of carbonyl (C=O) groups excluding carboxylic acids is 1. The van der Waals surface area contributed by atoms with Crippen molar-refractivity contribution in [3.8, 4) is 16.8 Å². The van der Waals surface area contributed by atoms with Gasteiger partial charge in [0, 0.05) is 35.6 Å². The Morgan fingerprint density at radius 2 is 1.61 bits per heavy atom. The third-order valence-corrected chi connectivity index (χ3v) is 8.86. The topological polar surface area (TPSA) is 155 Å². The van der Waals surface area contributed by atoms with Crippen LogP contribution in [0.1, 0.15) is 11.3 Å². The molecule has 14 heteroatoms. The van der Waals surface area contributed by atoms with Crippen LogP contribution in [-0.2, 0) is 26.0 Å². The molecular formula is C32H25ClFN5O6S. The van der Waals surface area contributed by atoms with Crippen LogP contribution >= 0.6 is 11.6 Å². The van der Waals surface area contributed by atoms with Crippen molar-refractivity contribution in [1.82, 2.24) is 19.1 Å². The van der Waals surface area contributed by atoms with Gasteiger partial charge in [-0.3, -0.25) is 13.9 Å². The van der Waals surface area contributed by atoms with Gasteiger partial charge in [-0.15, -0.1) is 0 Å². The van der Waals surface area contributed by atoms with Crippen molar-refractivity contribution in [2.24, 2.45) is 0 Å². The number of hydrogen-bond acceptors (Lipinski definition) is 7. The average Bonchev–Trinajstić information content (AvgIpc) is 3.45. The van der Waals surface area contributed by atoms with Crippen LogP contribution < -0.4 is 5.32 Å². The van der Waals surface area contributed by atoms with E-state index in [0.29, 0.717) is 22.0 Å². The third-order valence-electron chi connectivity index (χ3n) is 6.80. The van der Waals surface area contributed by atoms with Gasteiger partial charge in [0.15, 0.2) is 11.5 Å². The van der Waals surface area contributed by atoms with Crippen LogP contribution in [0, 0.1) is 5.82 Å². The molecule has 3 N–H and O–H groups in total. The minimum absolute atomic E-state index is 0.0469. The molecular weight excluding hydrogens is 637 g/mol. The summed E-state index contributed by atoms with van der Waals surface area (Å²) in [5.74, 6) is -2.22. The van der Waals surface area contributed by atoms with Crippen LogP contribution in [0.5, 0.6) is 0 Å². The Morgan fingerprint density at radius 1 is 0.935 bits per heavy atom. The van der Waals surface area contributed by atoms with Gasteiger partial charge in [0.25, 0.3) is 15.9 Å². The number of carboxylic acids is 1. The van der Waals surface area contributed by atoms with Gasteiger partial charge in [-0.1, -0.05) is 41.9 Å². The van der Waals surface area contributed by atoms with E-state index in [0.717, 1.165) is 9.87 Å². The molecule has 5 aromatic rings. The first kappa shape index (κ1) is 31.9. The Labute approximate surface area is 267 Å². The highest BCUT2D eigenvalue weighted by Crippen LogP contribution is 2.34. The summed E-state index contributed by atoms with van der Waals surface area (Å²) in [6, 6.07) is 23.8. The lowest BCUT2D eigenvalue weighted by Crippen LogP contribution is -2.37. The predicted molar refractivity (Wildman–Crippen MR) is 169 cm³/mol. The maximum Gasteiger partial charge on any atom is 0.309 e. The Kier molecular flexibility index (Phi) is 9.16. The number of aromatic nitrogens is 3. The number of aliphatic hydroxyl groups is 1. The standard InChI is InChI=1S/C17H12ClFN2O2.C15H13N3O4S/c18-12-3-1-11(2-4-12)15-10-21(20-16(15)9-17(22)23)14-7-5-13(19)6-8-14;1-18-13(15(20)17-12-8-4-5-9-16-12)14(19)10-6-2-3-7-11(10)23(18,21)22/h1-8,10H,9H2,(H,22,23);2-9,19H,1H3,(H,16,17,20). The van der Waals surface area contributed by atoms with Crippen molar-refractivity contribution in [3.63, 3.8) is 0 Å². The van der Waals surface area contributed by atoms with Gasteiger partial charge in [0.1, 0.15) is 11.6 Å². The number of halogens is 2. The Balaban J connectivity index is 0.000000181. The number of carboxylic acid groups (broad SMARTS) is 1. The summed E-state index contributed by atoms with van der Waals surface area (Å²) < 4.78 is 40.4. The van der Waals surface area contributed by atoms with Crippen LogP contribution in [-0.4, -0.2) is 56.6 Å². The molecule has 0 unspecified atom stereocenters. The van der Waals surface area contributed by atoms with Gasteiger partial charge in [0.2, 0.25) is 0 Å². The molecule has 0 atom stereocenters. The van der Waals surface area contributed by atoms with E-state index < -0.39 is 27.7 Å². The summed E-state index contributed by atoms with van der Waals surface area (Å²) in [5.41, 5.74) is 2.35. The van der Waals surface area contributed by atoms with Gasteiger partial charge in [-0.2, -0.15) is 5.10 Å². The van der Waals surface area contributed by atoms with E-state index in [-0.39, 0.29) is 34.2 Å². The number of rotatable bonds is 6. The average molecular weight is 662 g/mol. The van der Waals surface area contributed by atoms with Crippen LogP contribution in [0.2, 0.25) is 5.02 Å². The number of hydrogen-bond donors (Lipinski definition) is 3. The highest BCUT2D eigenvalue weighted by molar-refractivity contribution is 7.89. The smallest absolute Gasteiger partial charge is 0.309 e. The zero-order chi connectivity index (χ0) is 33.0. The fourth-order valence-corrected chi connectivity index (χ4v) is 6.10. The number of pyridine rings is 1. The summed E-state index contributed by atoms with van der Waals surface area (Å²) in [6.07, 6.45) is 3.02. The number of sulfonamides is 1. The van der Waals surface area contributed by atoms with Gasteiger partial charge in [0.05, 0.1) is 22.7 Å². The second kappa shape index (κ2) is 13.2. The lowest BCUT2D eigenvalue weighted by atomic mass is 10.1. The molecule has 1 aliphatic rings. The zero-order valence-corrected chi connectivity index (χ0v) is 25.6. The summed E-state index contributed by atoms with van der Waals surface area (Å²) in [6.45, 7) is 0. The molecule has 46 heavy (non-hydrogen) atoms. The van der Waals surface area contributed by atoms with Crippen LogP contribution in [0.25, 0.3) is 22.6 Å². The molecule has 0 bridgehead atoms. The first-order chi connectivity index (χ1) is 22.0. The number of anilines is 1. The molecule has 1 amide bonds. The SMILES string of the molecule is CN1C(C(=O)Nc2ccccn2)=C(O)c2ccccc2S1(=O)=O.O=C(O)Cc1nn(-c2ccc(F)cc2)cc1-c1ccc(Cl)cc1. The summed E-state index contributed by atoms with van der Waals surface area (Å²) >= 11 is 5.89. The monoisotopic (exact) mass is 661 g/mol. The number of likely N-dealkylation sites (N-methyl/N-ethyl adjacent to an activating group) is 1. The molecule has 3 heterocycles. The molecule has 3 aromatic carbocycles. The summed E-state index contributed by atoms with van der Waals surface area (Å²) in [7, 11) is -2.69. The van der Waals surface area contributed by atoms with Crippen molar-refractivity contribution in [2.45, 2.75) is 11.3 Å². The fourth-order valence-electron chi connectivity index (χ4n) is 4.57. The van der Waals surface area contributed by atoms with Gasteiger partial charge in [-0.25, -0.2) is 22.5 Å². The number of amides is 1. The van der Waals surface area contributed by atoms with Gasteiger partial charge >= 0.3 is 5.97 Å². The minimum Gasteiger partial charge on any atom is -0.505 e. The fraction of sp³-hybridized carbons (Fsp3) is 0.0625. The molecule has 0 aliphatic carbocycles. The van der Waals surface area contributed by atoms with Crippen molar-refractivity contribution in [1.29, 1.82) is 0 Å². The first-order valence-corrected chi connectivity index (χ1v) is 15.3. The maximum atomic E-state index is 13.0. The first-order valence-electron chi connectivity index (χ1n) is 13.5. The Bertz CT molecular complexity index is 2050. The molecule has 0 saturated heterocycles. The van der Waals surface area contributed by atoms with E-state index >= 15 is 0 Å². The van der Waals surface area contributed by atoms with E-state index in [9.17, 15) is 27.5 Å². The third kappa shape index (κ3) is 6.75. The number of benzene rings is 3. The largest absolute Gasteiger partial charge is 0.505 e. The second-order valence-corrected chi connectivity index (χ2v) is 12.2. The highest BCUT2D eigenvalue weighted by atomic mass is 35.5. The molecule has 0 saturated carbocycles. The van der Waals surface area contributed by atoms with E-state index in [1.165, 1.54) is 37.5 Å². The van der Waals surface area contributed by atoms with Crippen LogP contribution in [0.4, 0.5) is 10.2 Å². The Morgan fingerprint density at radius 3 is 2.26 bits per heavy atom. The quantitative estimate of drug-likeness (QED) is 0.214. The molecule has 1 aliphatic heterocycles. The molecule has 0 fully saturated rings. The molecule has 0 radical (unpaired) electrons. The normalized spacial score (nSPS) is 13.3. The lowest BCUT2D eigenvalue weighted by Gasteiger charge is -2.28. The molecule has 2 aromatic heterocycles. The van der Waals surface area contributed by atoms with Crippen LogP contribution in [0.15, 0.2) is 114 Å². The lowest BCUT2D eigenvalue weighted by molar-refractivity contribution is -0.136. The second-order valence-electron chi connectivity index (χ2n) is 9.82. The molecule has 6 rings (SSSR count). The van der Waals surface area contributed by atoms with E-state index in [4.69, 9.17) is 16.7 Å². The van der Waals surface area contributed by atoms with Gasteiger partial charge in [-0.05, 0) is 66.2 Å². The molecule has 0 spiro atoms. The van der Waals surface area contributed by atoms with E-state index in [1.54, 1.807) is 77.6 Å². The van der Waals surface area contributed by atoms with E-state index in [2.05, 4.69) is 15.4 Å². The number of fused-ring (bicyclic) bond motifs is 1.